The number of aromatic nitrogens is 5. The third kappa shape index (κ3) is 2.60. The van der Waals surface area contributed by atoms with Crippen molar-refractivity contribution in [3.05, 3.63) is 39.8 Å². The molecule has 1 amide bonds. The number of carbonyl (C=O) groups is 1. The van der Waals surface area contributed by atoms with E-state index in [4.69, 9.17) is 11.6 Å². The van der Waals surface area contributed by atoms with Crippen LogP contribution >= 0.6 is 11.6 Å². The Bertz CT molecular complexity index is 1150. The maximum absolute atomic E-state index is 13.1. The number of fused-ring (bicyclic) bond motifs is 2. The number of pyridine rings is 1. The van der Waals surface area contributed by atoms with Crippen molar-refractivity contribution in [1.82, 2.24) is 29.9 Å². The topological polar surface area (TPSA) is 130 Å². The fourth-order valence-corrected chi connectivity index (χ4v) is 4.17. The third-order valence-corrected chi connectivity index (χ3v) is 5.51. The molecule has 4 heterocycles. The SMILES string of the molecule is O=C1NC2(CCCCC2)Nn2c1c(Cl)cc(Nc1ncnc3[nH]cnc13)c2=O. The van der Waals surface area contributed by atoms with E-state index in [0.717, 1.165) is 32.1 Å². The van der Waals surface area contributed by atoms with Gasteiger partial charge in [0.1, 0.15) is 23.4 Å². The number of carbonyl (C=O) groups excluding carboxylic acids is 1. The number of hydrogen-bond donors (Lipinski definition) is 4. The van der Waals surface area contributed by atoms with Crippen LogP contribution in [0.2, 0.25) is 5.02 Å². The van der Waals surface area contributed by atoms with Gasteiger partial charge in [-0.1, -0.05) is 18.0 Å². The van der Waals surface area contributed by atoms with Gasteiger partial charge in [0.2, 0.25) is 0 Å². The molecule has 1 aliphatic heterocycles. The van der Waals surface area contributed by atoms with Crippen LogP contribution in [0.5, 0.6) is 0 Å². The molecule has 28 heavy (non-hydrogen) atoms. The summed E-state index contributed by atoms with van der Waals surface area (Å²) in [4.78, 5) is 41.1. The molecule has 1 fully saturated rings. The molecule has 1 saturated carbocycles. The second-order valence-electron chi connectivity index (χ2n) is 7.05. The Kier molecular flexibility index (Phi) is 3.76. The summed E-state index contributed by atoms with van der Waals surface area (Å²) in [5, 5.41) is 6.13. The van der Waals surface area contributed by atoms with Crippen molar-refractivity contribution in [2.24, 2.45) is 0 Å². The lowest BCUT2D eigenvalue weighted by Gasteiger charge is -2.43. The van der Waals surface area contributed by atoms with E-state index in [9.17, 15) is 9.59 Å². The van der Waals surface area contributed by atoms with Crippen molar-refractivity contribution in [2.45, 2.75) is 37.8 Å². The van der Waals surface area contributed by atoms with Crippen LogP contribution in [0.15, 0.2) is 23.5 Å². The summed E-state index contributed by atoms with van der Waals surface area (Å²) in [5.74, 6) is 0.0126. The molecule has 0 bridgehead atoms. The van der Waals surface area contributed by atoms with Gasteiger partial charge < -0.3 is 15.6 Å². The molecule has 4 N–H and O–H groups in total. The molecule has 3 aromatic heterocycles. The summed E-state index contributed by atoms with van der Waals surface area (Å²) < 4.78 is 1.25. The first kappa shape index (κ1) is 17.0. The fraction of sp³-hybridized carbons (Fsp3) is 0.353. The number of aromatic amines is 1. The summed E-state index contributed by atoms with van der Waals surface area (Å²) in [7, 11) is 0. The Balaban J connectivity index is 1.59. The highest BCUT2D eigenvalue weighted by Crippen LogP contribution is 2.31. The van der Waals surface area contributed by atoms with E-state index < -0.39 is 11.2 Å². The van der Waals surface area contributed by atoms with E-state index >= 15 is 0 Å². The molecule has 1 spiro atoms. The molecule has 0 saturated heterocycles. The average molecular weight is 401 g/mol. The summed E-state index contributed by atoms with van der Waals surface area (Å²) >= 11 is 6.35. The largest absolute Gasteiger partial charge is 0.334 e. The lowest BCUT2D eigenvalue weighted by molar-refractivity contribution is 0.0834. The normalized spacial score (nSPS) is 17.8. The minimum Gasteiger partial charge on any atom is -0.334 e. The number of hydrogen-bond acceptors (Lipinski definition) is 7. The quantitative estimate of drug-likeness (QED) is 0.516. The Morgan fingerprint density at radius 2 is 1.96 bits per heavy atom. The summed E-state index contributed by atoms with van der Waals surface area (Å²) in [6.07, 6.45) is 7.41. The molecule has 0 unspecified atom stereocenters. The zero-order chi connectivity index (χ0) is 19.3. The standard InChI is InChI=1S/C17H17ClN8O2/c18-9-6-10(23-14-11-13(20-7-19-11)21-8-22-14)16(28)26-12(9)15(27)24-17(25-26)4-2-1-3-5-17/h6-8,25H,1-5H2,(H,24,27)(H2,19,20,21,22,23). The number of nitrogens with one attached hydrogen (secondary N) is 4. The Hall–Kier alpha value is -3.14. The smallest absolute Gasteiger partial charge is 0.293 e. The van der Waals surface area contributed by atoms with E-state index in [1.807, 2.05) is 0 Å². The van der Waals surface area contributed by atoms with Crippen LogP contribution in [0, 0.1) is 0 Å². The molecule has 144 valence electrons. The second kappa shape index (κ2) is 6.20. The minimum atomic E-state index is -0.626. The van der Waals surface area contributed by atoms with Gasteiger partial charge in [0, 0.05) is 0 Å². The first-order chi connectivity index (χ1) is 13.6. The van der Waals surface area contributed by atoms with Gasteiger partial charge in [-0.15, -0.1) is 0 Å². The molecule has 3 aromatic rings. The highest BCUT2D eigenvalue weighted by molar-refractivity contribution is 6.34. The molecule has 2 aliphatic rings. The van der Waals surface area contributed by atoms with E-state index in [0.29, 0.717) is 17.0 Å². The molecule has 10 nitrogen and oxygen atoms in total. The average Bonchev–Trinajstić information content (AvgIpc) is 3.16. The van der Waals surface area contributed by atoms with Gasteiger partial charge in [-0.05, 0) is 31.7 Å². The van der Waals surface area contributed by atoms with Gasteiger partial charge in [0.25, 0.3) is 11.5 Å². The van der Waals surface area contributed by atoms with E-state index in [2.05, 4.69) is 36.0 Å². The van der Waals surface area contributed by atoms with Crippen LogP contribution in [0.25, 0.3) is 11.2 Å². The van der Waals surface area contributed by atoms with E-state index in [1.165, 1.54) is 23.4 Å². The predicted molar refractivity (Wildman–Crippen MR) is 103 cm³/mol. The summed E-state index contributed by atoms with van der Waals surface area (Å²) in [6, 6.07) is 1.43. The zero-order valence-electron chi connectivity index (χ0n) is 14.8. The van der Waals surface area contributed by atoms with Crippen molar-refractivity contribution in [3.8, 4) is 0 Å². The van der Waals surface area contributed by atoms with Crippen LogP contribution < -0.4 is 21.6 Å². The maximum atomic E-state index is 13.1. The van der Waals surface area contributed by atoms with Crippen molar-refractivity contribution in [1.29, 1.82) is 0 Å². The Labute approximate surface area is 163 Å². The summed E-state index contributed by atoms with van der Waals surface area (Å²) in [6.45, 7) is 0. The van der Waals surface area contributed by atoms with Crippen molar-refractivity contribution < 1.29 is 4.79 Å². The molecule has 1 aliphatic carbocycles. The third-order valence-electron chi connectivity index (χ3n) is 5.23. The van der Waals surface area contributed by atoms with Crippen LogP contribution in [0.3, 0.4) is 0 Å². The number of amides is 1. The lowest BCUT2D eigenvalue weighted by Crippen LogP contribution is -2.64. The number of rotatable bonds is 2. The lowest BCUT2D eigenvalue weighted by atomic mass is 9.88. The molecular weight excluding hydrogens is 384 g/mol. The number of halogens is 1. The zero-order valence-corrected chi connectivity index (χ0v) is 15.5. The molecule has 0 aromatic carbocycles. The first-order valence-corrected chi connectivity index (χ1v) is 9.41. The predicted octanol–water partition coefficient (Wildman–Crippen LogP) is 1.86. The van der Waals surface area contributed by atoms with Crippen LogP contribution in [0.4, 0.5) is 11.5 Å². The highest BCUT2D eigenvalue weighted by Gasteiger charge is 2.40. The fourth-order valence-electron chi connectivity index (χ4n) is 3.89. The Morgan fingerprint density at radius 1 is 1.14 bits per heavy atom. The van der Waals surface area contributed by atoms with E-state index in [1.54, 1.807) is 0 Å². The Morgan fingerprint density at radius 3 is 2.79 bits per heavy atom. The van der Waals surface area contributed by atoms with Gasteiger partial charge in [-0.3, -0.25) is 15.0 Å². The van der Waals surface area contributed by atoms with Crippen molar-refractivity contribution in [3.63, 3.8) is 0 Å². The highest BCUT2D eigenvalue weighted by atomic mass is 35.5. The van der Waals surface area contributed by atoms with Gasteiger partial charge >= 0.3 is 0 Å². The van der Waals surface area contributed by atoms with Crippen molar-refractivity contribution in [2.75, 3.05) is 10.7 Å². The second-order valence-corrected chi connectivity index (χ2v) is 7.46. The van der Waals surface area contributed by atoms with Gasteiger partial charge in [-0.2, -0.15) is 0 Å². The van der Waals surface area contributed by atoms with Gasteiger partial charge in [0.05, 0.1) is 11.3 Å². The molecule has 0 radical (unpaired) electrons. The van der Waals surface area contributed by atoms with Crippen LogP contribution in [-0.2, 0) is 0 Å². The number of anilines is 2. The summed E-state index contributed by atoms with van der Waals surface area (Å²) in [5.41, 5.74) is 3.48. The molecule has 5 rings (SSSR count). The van der Waals surface area contributed by atoms with E-state index in [-0.39, 0.29) is 22.3 Å². The van der Waals surface area contributed by atoms with Gasteiger partial charge in [-0.25, -0.2) is 19.6 Å². The monoisotopic (exact) mass is 400 g/mol. The molecule has 0 atom stereocenters. The number of nitrogens with zero attached hydrogens (tertiary/aromatic N) is 4. The van der Waals surface area contributed by atoms with Crippen LogP contribution in [-0.4, -0.2) is 36.2 Å². The minimum absolute atomic E-state index is 0.0982. The molecular formula is C17H17ClN8O2. The van der Waals surface area contributed by atoms with Crippen LogP contribution in [0.1, 0.15) is 42.6 Å². The molecule has 11 heteroatoms. The number of H-pyrrole nitrogens is 1. The first-order valence-electron chi connectivity index (χ1n) is 9.04. The van der Waals surface area contributed by atoms with Gasteiger partial charge in [0.15, 0.2) is 17.0 Å². The maximum Gasteiger partial charge on any atom is 0.293 e. The van der Waals surface area contributed by atoms with Crippen molar-refractivity contribution >= 4 is 40.2 Å². The number of imidazole rings is 1.